The number of hydrogen-bond acceptors (Lipinski definition) is 8. The zero-order chi connectivity index (χ0) is 22.1. The summed E-state index contributed by atoms with van der Waals surface area (Å²) < 4.78 is 13.7. The normalized spacial score (nSPS) is 29.5. The summed E-state index contributed by atoms with van der Waals surface area (Å²) in [5.41, 5.74) is 10.6. The number of piperidine rings is 1. The summed E-state index contributed by atoms with van der Waals surface area (Å²) in [6.07, 6.45) is 2.85. The first-order chi connectivity index (χ1) is 14.8. The van der Waals surface area contributed by atoms with Gasteiger partial charge in [-0.1, -0.05) is 0 Å². The standard InChI is InChI=1S/C20H31FN8O2/c1-27(2)20(31)12-4-7-28(8-5-12)15-3-6-23-10-14(15)25-19(30)16-17(22)26-29-11-13(21)9-24-18(16)29/h3,6,10,12-13,16-18,24,26H,4-5,7-9,11,22H2,1-2H3,(H,25,30). The van der Waals surface area contributed by atoms with Crippen molar-refractivity contribution in [2.45, 2.75) is 31.3 Å². The van der Waals surface area contributed by atoms with E-state index in [1.807, 2.05) is 6.07 Å². The minimum atomic E-state index is -1.01. The van der Waals surface area contributed by atoms with Crippen molar-refractivity contribution in [1.82, 2.24) is 25.6 Å². The van der Waals surface area contributed by atoms with Gasteiger partial charge < -0.3 is 20.9 Å². The second-order valence-electron chi connectivity index (χ2n) is 8.66. The molecule has 0 spiro atoms. The molecule has 10 nitrogen and oxygen atoms in total. The average molecular weight is 435 g/mol. The molecule has 31 heavy (non-hydrogen) atoms. The summed E-state index contributed by atoms with van der Waals surface area (Å²) in [5, 5.41) is 7.71. The number of anilines is 2. The molecule has 3 saturated heterocycles. The van der Waals surface area contributed by atoms with Gasteiger partial charge in [-0.25, -0.2) is 14.8 Å². The quantitative estimate of drug-likeness (QED) is 0.492. The van der Waals surface area contributed by atoms with Crippen LogP contribution in [0.15, 0.2) is 18.5 Å². The molecular weight excluding hydrogens is 403 g/mol. The number of rotatable bonds is 4. The molecule has 170 valence electrons. The van der Waals surface area contributed by atoms with Crippen molar-refractivity contribution in [3.05, 3.63) is 18.5 Å². The van der Waals surface area contributed by atoms with Gasteiger partial charge in [-0.2, -0.15) is 0 Å². The van der Waals surface area contributed by atoms with Crippen LogP contribution in [0.25, 0.3) is 0 Å². The Balaban J connectivity index is 1.43. The van der Waals surface area contributed by atoms with Gasteiger partial charge in [0.05, 0.1) is 35.8 Å². The first-order valence-corrected chi connectivity index (χ1v) is 10.7. The monoisotopic (exact) mass is 434 g/mol. The molecule has 4 unspecified atom stereocenters. The van der Waals surface area contributed by atoms with E-state index in [2.05, 4.69) is 25.9 Å². The van der Waals surface area contributed by atoms with E-state index in [0.717, 1.165) is 31.6 Å². The fourth-order valence-corrected chi connectivity index (χ4v) is 4.69. The summed E-state index contributed by atoms with van der Waals surface area (Å²) in [6.45, 7) is 1.82. The maximum absolute atomic E-state index is 13.7. The number of carbonyl (C=O) groups is 2. The Morgan fingerprint density at radius 1 is 1.32 bits per heavy atom. The van der Waals surface area contributed by atoms with Crippen molar-refractivity contribution in [2.75, 3.05) is 50.5 Å². The highest BCUT2D eigenvalue weighted by atomic mass is 19.1. The van der Waals surface area contributed by atoms with Crippen molar-refractivity contribution < 1.29 is 14.0 Å². The SMILES string of the molecule is CN(C)C(=O)C1CCN(c2ccncc2NC(=O)C2C(N)NN3CC(F)CNC23)CC1. The molecule has 1 aromatic rings. The molecule has 0 aliphatic carbocycles. The Labute approximate surface area is 181 Å². The Morgan fingerprint density at radius 3 is 2.77 bits per heavy atom. The maximum Gasteiger partial charge on any atom is 0.233 e. The first-order valence-electron chi connectivity index (χ1n) is 10.7. The summed E-state index contributed by atoms with van der Waals surface area (Å²) >= 11 is 0. The third kappa shape index (κ3) is 4.49. The number of nitrogens with one attached hydrogen (secondary N) is 3. The average Bonchev–Trinajstić information content (AvgIpc) is 3.08. The highest BCUT2D eigenvalue weighted by molar-refractivity contribution is 5.96. The van der Waals surface area contributed by atoms with Gasteiger partial charge in [0.15, 0.2) is 0 Å². The molecule has 0 bridgehead atoms. The molecule has 1 aromatic heterocycles. The van der Waals surface area contributed by atoms with Crippen LogP contribution in [-0.4, -0.2) is 85.5 Å². The van der Waals surface area contributed by atoms with Crippen LogP contribution in [0.4, 0.5) is 15.8 Å². The lowest BCUT2D eigenvalue weighted by atomic mass is 9.95. The second kappa shape index (κ2) is 9.03. The summed E-state index contributed by atoms with van der Waals surface area (Å²) in [7, 11) is 3.56. The molecule has 3 aliphatic heterocycles. The summed E-state index contributed by atoms with van der Waals surface area (Å²) in [6, 6.07) is 1.87. The summed E-state index contributed by atoms with van der Waals surface area (Å²) in [5.74, 6) is -0.643. The van der Waals surface area contributed by atoms with E-state index in [0.29, 0.717) is 5.69 Å². The molecule has 5 N–H and O–H groups in total. The van der Waals surface area contributed by atoms with Gasteiger partial charge in [0.1, 0.15) is 6.17 Å². The Bertz CT molecular complexity index is 816. The van der Waals surface area contributed by atoms with E-state index in [-0.39, 0.29) is 37.0 Å². The van der Waals surface area contributed by atoms with Gasteiger partial charge in [0.2, 0.25) is 11.8 Å². The highest BCUT2D eigenvalue weighted by Crippen LogP contribution is 2.31. The summed E-state index contributed by atoms with van der Waals surface area (Å²) in [4.78, 5) is 33.4. The predicted molar refractivity (Wildman–Crippen MR) is 114 cm³/mol. The lowest BCUT2D eigenvalue weighted by Gasteiger charge is -2.35. The fourth-order valence-electron chi connectivity index (χ4n) is 4.69. The van der Waals surface area contributed by atoms with Crippen LogP contribution in [0, 0.1) is 11.8 Å². The zero-order valence-electron chi connectivity index (χ0n) is 17.9. The van der Waals surface area contributed by atoms with Crippen molar-refractivity contribution in [3.63, 3.8) is 0 Å². The van der Waals surface area contributed by atoms with Gasteiger partial charge >= 0.3 is 0 Å². The molecule has 3 fully saturated rings. The second-order valence-corrected chi connectivity index (χ2v) is 8.66. The molecule has 2 amide bonds. The van der Waals surface area contributed by atoms with Crippen LogP contribution >= 0.6 is 0 Å². The molecule has 4 heterocycles. The molecule has 0 aromatic carbocycles. The third-order valence-corrected chi connectivity index (χ3v) is 6.31. The van der Waals surface area contributed by atoms with Crippen LogP contribution < -0.4 is 26.7 Å². The van der Waals surface area contributed by atoms with Gasteiger partial charge in [-0.05, 0) is 18.9 Å². The van der Waals surface area contributed by atoms with Crippen molar-refractivity contribution in [1.29, 1.82) is 0 Å². The number of hydrogen-bond donors (Lipinski definition) is 4. The Hall–Kier alpha value is -2.34. The number of nitrogens with two attached hydrogens (primary N) is 1. The van der Waals surface area contributed by atoms with E-state index in [9.17, 15) is 14.0 Å². The molecule has 0 radical (unpaired) electrons. The van der Waals surface area contributed by atoms with Crippen LogP contribution in [-0.2, 0) is 9.59 Å². The van der Waals surface area contributed by atoms with Crippen molar-refractivity contribution in [2.24, 2.45) is 17.6 Å². The maximum atomic E-state index is 13.7. The van der Waals surface area contributed by atoms with Gasteiger partial charge in [0, 0.05) is 52.4 Å². The molecule has 4 atom stereocenters. The van der Waals surface area contributed by atoms with E-state index in [1.165, 1.54) is 0 Å². The number of nitrogens with zero attached hydrogens (tertiary/aromatic N) is 4. The predicted octanol–water partition coefficient (Wildman–Crippen LogP) is -0.687. The molecule has 0 saturated carbocycles. The van der Waals surface area contributed by atoms with E-state index in [4.69, 9.17) is 5.73 Å². The smallest absolute Gasteiger partial charge is 0.233 e. The van der Waals surface area contributed by atoms with Crippen molar-refractivity contribution >= 4 is 23.2 Å². The van der Waals surface area contributed by atoms with E-state index in [1.54, 1.807) is 36.4 Å². The van der Waals surface area contributed by atoms with Gasteiger partial charge in [-0.3, -0.25) is 19.9 Å². The van der Waals surface area contributed by atoms with Crippen LogP contribution in [0.3, 0.4) is 0 Å². The number of carbonyl (C=O) groups excluding carboxylic acids is 2. The number of pyridine rings is 1. The number of aromatic nitrogens is 1. The van der Waals surface area contributed by atoms with E-state index >= 15 is 0 Å². The largest absolute Gasteiger partial charge is 0.370 e. The van der Waals surface area contributed by atoms with Crippen LogP contribution in [0.2, 0.25) is 0 Å². The van der Waals surface area contributed by atoms with Crippen LogP contribution in [0.1, 0.15) is 12.8 Å². The Morgan fingerprint density at radius 2 is 2.06 bits per heavy atom. The Kier molecular flexibility index (Phi) is 6.37. The van der Waals surface area contributed by atoms with Crippen molar-refractivity contribution in [3.8, 4) is 0 Å². The minimum absolute atomic E-state index is 0.0244. The van der Waals surface area contributed by atoms with Gasteiger partial charge in [0.25, 0.3) is 0 Å². The number of fused-ring (bicyclic) bond motifs is 1. The lowest BCUT2D eigenvalue weighted by Crippen LogP contribution is -2.58. The number of hydrazine groups is 1. The molecule has 3 aliphatic rings. The number of alkyl halides is 1. The molecule has 11 heteroatoms. The minimum Gasteiger partial charge on any atom is -0.370 e. The zero-order valence-corrected chi connectivity index (χ0v) is 17.9. The topological polar surface area (TPSA) is 119 Å². The number of amides is 2. The molecular formula is C20H31FN8O2. The first kappa shape index (κ1) is 21.9. The number of halogens is 1. The third-order valence-electron chi connectivity index (χ3n) is 6.31. The van der Waals surface area contributed by atoms with E-state index < -0.39 is 18.3 Å². The van der Waals surface area contributed by atoms with Gasteiger partial charge in [-0.15, -0.1) is 0 Å². The lowest BCUT2D eigenvalue weighted by molar-refractivity contribution is -0.133. The fraction of sp³-hybridized carbons (Fsp3) is 0.650. The highest BCUT2D eigenvalue weighted by Gasteiger charge is 2.47. The van der Waals surface area contributed by atoms with Crippen LogP contribution in [0.5, 0.6) is 0 Å². The molecule has 4 rings (SSSR count).